The number of nitrogen functional groups attached to an aromatic ring is 1. The van der Waals surface area contributed by atoms with Crippen LogP contribution >= 0.6 is 0 Å². The summed E-state index contributed by atoms with van der Waals surface area (Å²) in [7, 11) is 0. The zero-order chi connectivity index (χ0) is 17.3. The Morgan fingerprint density at radius 1 is 1.24 bits per heavy atom. The average molecular weight is 339 g/mol. The molecule has 4 rings (SSSR count). The van der Waals surface area contributed by atoms with Crippen molar-refractivity contribution in [2.75, 3.05) is 37.4 Å². The maximum Gasteiger partial charge on any atom is 0.222 e. The summed E-state index contributed by atoms with van der Waals surface area (Å²) in [6, 6.07) is 6.03. The normalized spacial score (nSPS) is 19.2. The minimum Gasteiger partial charge on any atom is -0.388 e. The van der Waals surface area contributed by atoms with Crippen molar-refractivity contribution in [1.82, 2.24) is 9.97 Å². The number of nitrogens with one attached hydrogen (secondary N) is 1. The van der Waals surface area contributed by atoms with E-state index in [4.69, 9.17) is 10.5 Å². The Hall–Kier alpha value is -2.51. The number of hydrogen-bond donors (Lipinski definition) is 3. The van der Waals surface area contributed by atoms with E-state index < -0.39 is 5.60 Å². The number of hydrogen-bond acceptors (Lipinski definition) is 7. The van der Waals surface area contributed by atoms with Gasteiger partial charge in [-0.15, -0.1) is 0 Å². The number of anilines is 2. The first-order valence-corrected chi connectivity index (χ1v) is 8.44. The van der Waals surface area contributed by atoms with Crippen LogP contribution < -0.4 is 11.1 Å². The fourth-order valence-corrected chi connectivity index (χ4v) is 3.19. The van der Waals surface area contributed by atoms with Gasteiger partial charge in [0.2, 0.25) is 5.95 Å². The molecule has 0 radical (unpaired) electrons. The topological polar surface area (TPSA) is 106 Å². The monoisotopic (exact) mass is 339 g/mol. The molecule has 7 heteroatoms. The van der Waals surface area contributed by atoms with Crippen LogP contribution in [0.3, 0.4) is 0 Å². The zero-order valence-electron chi connectivity index (χ0n) is 13.9. The van der Waals surface area contributed by atoms with E-state index >= 15 is 0 Å². The van der Waals surface area contributed by atoms with E-state index in [0.717, 1.165) is 22.0 Å². The van der Waals surface area contributed by atoms with Gasteiger partial charge in [0.05, 0.1) is 17.7 Å². The number of nitrogens with zero attached hydrogens (tertiary/aromatic N) is 3. The maximum absolute atomic E-state index is 10.6. The second-order valence-corrected chi connectivity index (χ2v) is 6.53. The van der Waals surface area contributed by atoms with Gasteiger partial charge in [0, 0.05) is 44.2 Å². The molecule has 2 aromatic rings. The van der Waals surface area contributed by atoms with Crippen LogP contribution in [0.2, 0.25) is 0 Å². The highest BCUT2D eigenvalue weighted by Gasteiger charge is 2.29. The third-order valence-electron chi connectivity index (χ3n) is 4.74. The van der Waals surface area contributed by atoms with Gasteiger partial charge in [-0.2, -0.15) is 4.98 Å². The van der Waals surface area contributed by atoms with Crippen LogP contribution in [0.1, 0.15) is 18.4 Å². The lowest BCUT2D eigenvalue weighted by Crippen LogP contribution is -2.42. The minimum absolute atomic E-state index is 0.211. The van der Waals surface area contributed by atoms with E-state index in [2.05, 4.69) is 20.3 Å². The molecule has 1 fully saturated rings. The quantitative estimate of drug-likeness (QED) is 0.782. The Labute approximate surface area is 145 Å². The molecule has 0 spiro atoms. The number of nitrogens with two attached hydrogens (primary N) is 1. The molecule has 0 bridgehead atoms. The summed E-state index contributed by atoms with van der Waals surface area (Å²) in [5.41, 5.74) is 8.12. The largest absolute Gasteiger partial charge is 0.388 e. The summed E-state index contributed by atoms with van der Waals surface area (Å²) < 4.78 is 5.32. The molecular formula is C18H21N5O2. The molecule has 2 aliphatic rings. The van der Waals surface area contributed by atoms with Gasteiger partial charge in [-0.3, -0.25) is 4.99 Å². The average Bonchev–Trinajstić information content (AvgIpc) is 3.14. The standard InChI is InChI=1S/C18H21N5O2/c19-17-22-15-9-12(13-3-6-20-10-13)1-2-14(15)16(23-17)21-11-18(24)4-7-25-8-5-18/h1-3,6,9,24H,4-5,7-8,10-11H2,(H3,19,21,22,23). The number of fused-ring (bicyclic) bond motifs is 1. The minimum atomic E-state index is -0.782. The zero-order valence-corrected chi connectivity index (χ0v) is 13.9. The first kappa shape index (κ1) is 16.0. The second-order valence-electron chi connectivity index (χ2n) is 6.53. The first-order chi connectivity index (χ1) is 12.1. The van der Waals surface area contributed by atoms with Gasteiger partial charge >= 0.3 is 0 Å². The molecule has 7 nitrogen and oxygen atoms in total. The Morgan fingerprint density at radius 2 is 2.08 bits per heavy atom. The fraction of sp³-hybridized carbons (Fsp3) is 0.389. The SMILES string of the molecule is Nc1nc(NCC2(O)CCOCC2)c2ccc(C3=CC=NC3)cc2n1. The lowest BCUT2D eigenvalue weighted by Gasteiger charge is -2.32. The van der Waals surface area contributed by atoms with Crippen LogP contribution in [0.15, 0.2) is 29.3 Å². The van der Waals surface area contributed by atoms with E-state index in [-0.39, 0.29) is 5.95 Å². The van der Waals surface area contributed by atoms with E-state index in [1.54, 1.807) is 0 Å². The third kappa shape index (κ3) is 3.33. The van der Waals surface area contributed by atoms with Crippen molar-refractivity contribution in [2.24, 2.45) is 4.99 Å². The molecule has 1 saturated heterocycles. The molecule has 3 heterocycles. The number of aliphatic hydroxyl groups is 1. The molecule has 1 aromatic heterocycles. The molecule has 2 aliphatic heterocycles. The Morgan fingerprint density at radius 3 is 2.84 bits per heavy atom. The van der Waals surface area contributed by atoms with Crippen molar-refractivity contribution in [3.8, 4) is 0 Å². The molecule has 130 valence electrons. The lowest BCUT2D eigenvalue weighted by atomic mass is 9.94. The van der Waals surface area contributed by atoms with Crippen LogP contribution in [-0.4, -0.2) is 53.2 Å². The highest BCUT2D eigenvalue weighted by atomic mass is 16.5. The molecule has 0 unspecified atom stereocenters. The van der Waals surface area contributed by atoms with Gasteiger partial charge in [0.15, 0.2) is 0 Å². The molecule has 0 saturated carbocycles. The van der Waals surface area contributed by atoms with Gasteiger partial charge < -0.3 is 20.9 Å². The summed E-state index contributed by atoms with van der Waals surface area (Å²) in [6.45, 7) is 2.24. The number of aromatic nitrogens is 2. The Bertz CT molecular complexity index is 856. The maximum atomic E-state index is 10.6. The molecule has 4 N–H and O–H groups in total. The van der Waals surface area contributed by atoms with Crippen molar-refractivity contribution < 1.29 is 9.84 Å². The molecule has 0 amide bonds. The van der Waals surface area contributed by atoms with Crippen molar-refractivity contribution in [1.29, 1.82) is 0 Å². The molecule has 25 heavy (non-hydrogen) atoms. The van der Waals surface area contributed by atoms with Gasteiger partial charge in [0.25, 0.3) is 0 Å². The summed E-state index contributed by atoms with van der Waals surface area (Å²) in [4.78, 5) is 12.9. The lowest BCUT2D eigenvalue weighted by molar-refractivity contribution is -0.0543. The van der Waals surface area contributed by atoms with Crippen LogP contribution in [-0.2, 0) is 4.74 Å². The summed E-state index contributed by atoms with van der Waals surface area (Å²) in [5.74, 6) is 0.855. The Kier molecular flexibility index (Phi) is 4.10. The van der Waals surface area contributed by atoms with Crippen molar-refractivity contribution in [3.05, 3.63) is 29.8 Å². The van der Waals surface area contributed by atoms with Crippen LogP contribution in [0.25, 0.3) is 16.5 Å². The third-order valence-corrected chi connectivity index (χ3v) is 4.74. The number of rotatable bonds is 4. The number of ether oxygens (including phenoxy) is 1. The van der Waals surface area contributed by atoms with Gasteiger partial charge in [0.1, 0.15) is 5.82 Å². The molecule has 0 atom stereocenters. The predicted molar refractivity (Wildman–Crippen MR) is 98.8 cm³/mol. The van der Waals surface area contributed by atoms with Crippen LogP contribution in [0.4, 0.5) is 11.8 Å². The number of aliphatic imine (C=N–C) groups is 1. The predicted octanol–water partition coefficient (Wildman–Crippen LogP) is 1.63. The smallest absolute Gasteiger partial charge is 0.222 e. The highest BCUT2D eigenvalue weighted by Crippen LogP contribution is 2.27. The highest BCUT2D eigenvalue weighted by molar-refractivity contribution is 5.95. The number of allylic oxidation sites excluding steroid dienone is 1. The summed E-state index contributed by atoms with van der Waals surface area (Å²) in [6.07, 6.45) is 5.04. The van der Waals surface area contributed by atoms with Crippen molar-refractivity contribution in [3.63, 3.8) is 0 Å². The molecule has 0 aliphatic carbocycles. The van der Waals surface area contributed by atoms with E-state index in [0.29, 0.717) is 45.0 Å². The summed E-state index contributed by atoms with van der Waals surface area (Å²) in [5, 5.41) is 14.8. The fourth-order valence-electron chi connectivity index (χ4n) is 3.19. The van der Waals surface area contributed by atoms with Gasteiger partial charge in [-0.1, -0.05) is 6.07 Å². The van der Waals surface area contributed by atoms with Crippen LogP contribution in [0.5, 0.6) is 0 Å². The van der Waals surface area contributed by atoms with E-state index in [1.165, 1.54) is 0 Å². The van der Waals surface area contributed by atoms with E-state index in [1.807, 2.05) is 30.5 Å². The van der Waals surface area contributed by atoms with Crippen molar-refractivity contribution >= 4 is 34.5 Å². The number of benzene rings is 1. The summed E-state index contributed by atoms with van der Waals surface area (Å²) >= 11 is 0. The van der Waals surface area contributed by atoms with E-state index in [9.17, 15) is 5.11 Å². The van der Waals surface area contributed by atoms with Gasteiger partial charge in [-0.05, 0) is 29.3 Å². The Balaban J connectivity index is 1.62. The van der Waals surface area contributed by atoms with Crippen molar-refractivity contribution in [2.45, 2.75) is 18.4 Å². The molecule has 1 aromatic carbocycles. The second kappa shape index (κ2) is 6.42. The van der Waals surface area contributed by atoms with Crippen LogP contribution in [0, 0.1) is 0 Å². The first-order valence-electron chi connectivity index (χ1n) is 8.44. The molecular weight excluding hydrogens is 318 g/mol. The van der Waals surface area contributed by atoms with Gasteiger partial charge in [-0.25, -0.2) is 4.98 Å².